The summed E-state index contributed by atoms with van der Waals surface area (Å²) in [5, 5.41) is 12.2. The first-order chi connectivity index (χ1) is 7.15. The number of nitrogens with one attached hydrogen (secondary N) is 1. The third kappa shape index (κ3) is 2.29. The molecule has 1 aliphatic heterocycles. The SMILES string of the molecule is COC1CCCC2(C1)NC(C(=O)O)CS2. The minimum Gasteiger partial charge on any atom is -0.480 e. The standard InChI is InChI=1S/C10H17NO3S/c1-14-7-3-2-4-10(5-7)11-8(6-15-10)9(12)13/h7-8,11H,2-6H2,1H3,(H,12,13). The Kier molecular flexibility index (Phi) is 3.23. The number of carboxylic acid groups (broad SMARTS) is 1. The Hall–Kier alpha value is -0.260. The fraction of sp³-hybridized carbons (Fsp3) is 0.900. The van der Waals surface area contributed by atoms with Crippen LogP contribution in [-0.2, 0) is 9.53 Å². The zero-order valence-electron chi connectivity index (χ0n) is 8.86. The summed E-state index contributed by atoms with van der Waals surface area (Å²) in [6, 6.07) is -0.384. The quantitative estimate of drug-likeness (QED) is 0.744. The van der Waals surface area contributed by atoms with Crippen LogP contribution in [0.25, 0.3) is 0 Å². The molecule has 2 aliphatic rings. The maximum absolute atomic E-state index is 10.9. The summed E-state index contributed by atoms with van der Waals surface area (Å²) < 4.78 is 5.37. The smallest absolute Gasteiger partial charge is 0.321 e. The molecule has 5 heteroatoms. The first kappa shape index (κ1) is 11.2. The number of carbonyl (C=O) groups is 1. The van der Waals surface area contributed by atoms with Crippen molar-refractivity contribution in [3.05, 3.63) is 0 Å². The van der Waals surface area contributed by atoms with E-state index in [1.165, 1.54) is 0 Å². The number of rotatable bonds is 2. The van der Waals surface area contributed by atoms with Gasteiger partial charge in [-0.3, -0.25) is 10.1 Å². The Morgan fingerprint density at radius 1 is 1.67 bits per heavy atom. The lowest BCUT2D eigenvalue weighted by molar-refractivity contribution is -0.139. The van der Waals surface area contributed by atoms with Crippen LogP contribution in [0.4, 0.5) is 0 Å². The molecule has 2 rings (SSSR count). The summed E-state index contributed by atoms with van der Waals surface area (Å²) in [5.41, 5.74) is 0. The van der Waals surface area contributed by atoms with E-state index in [4.69, 9.17) is 9.84 Å². The van der Waals surface area contributed by atoms with Crippen LogP contribution in [0.3, 0.4) is 0 Å². The summed E-state index contributed by atoms with van der Waals surface area (Å²) in [7, 11) is 1.73. The van der Waals surface area contributed by atoms with E-state index in [9.17, 15) is 4.79 Å². The monoisotopic (exact) mass is 231 g/mol. The van der Waals surface area contributed by atoms with Crippen molar-refractivity contribution in [2.24, 2.45) is 0 Å². The zero-order valence-corrected chi connectivity index (χ0v) is 9.68. The maximum atomic E-state index is 10.9. The van der Waals surface area contributed by atoms with Crippen LogP contribution in [0.2, 0.25) is 0 Å². The second-order valence-electron chi connectivity index (χ2n) is 4.29. The van der Waals surface area contributed by atoms with Crippen LogP contribution in [0.1, 0.15) is 25.7 Å². The number of methoxy groups -OCH3 is 1. The molecule has 2 fully saturated rings. The molecule has 4 nitrogen and oxygen atoms in total. The molecule has 15 heavy (non-hydrogen) atoms. The molecule has 1 saturated carbocycles. The third-order valence-electron chi connectivity index (χ3n) is 3.26. The summed E-state index contributed by atoms with van der Waals surface area (Å²) in [6.07, 6.45) is 4.48. The molecular weight excluding hydrogens is 214 g/mol. The van der Waals surface area contributed by atoms with Gasteiger partial charge in [0.2, 0.25) is 0 Å². The normalized spacial score (nSPS) is 40.9. The summed E-state index contributed by atoms with van der Waals surface area (Å²) in [6.45, 7) is 0. The van der Waals surface area contributed by atoms with Crippen molar-refractivity contribution in [2.75, 3.05) is 12.9 Å². The predicted molar refractivity (Wildman–Crippen MR) is 59.0 cm³/mol. The molecule has 0 aromatic heterocycles. The van der Waals surface area contributed by atoms with Gasteiger partial charge in [-0.25, -0.2) is 0 Å². The molecule has 3 atom stereocenters. The van der Waals surface area contributed by atoms with Gasteiger partial charge in [-0.2, -0.15) is 0 Å². The first-order valence-corrected chi connectivity index (χ1v) is 6.31. The summed E-state index contributed by atoms with van der Waals surface area (Å²) in [4.78, 5) is 10.8. The summed E-state index contributed by atoms with van der Waals surface area (Å²) in [5.74, 6) is -0.0647. The second kappa shape index (κ2) is 4.31. The highest BCUT2D eigenvalue weighted by atomic mass is 32.2. The van der Waals surface area contributed by atoms with Crippen LogP contribution in [0.5, 0.6) is 0 Å². The van der Waals surface area contributed by atoms with Crippen molar-refractivity contribution >= 4 is 17.7 Å². The first-order valence-electron chi connectivity index (χ1n) is 5.32. The molecule has 3 unspecified atom stereocenters. The van der Waals surface area contributed by atoms with Crippen molar-refractivity contribution in [1.82, 2.24) is 5.32 Å². The van der Waals surface area contributed by atoms with Crippen molar-refractivity contribution < 1.29 is 14.6 Å². The van der Waals surface area contributed by atoms with Gasteiger partial charge in [-0.15, -0.1) is 11.8 Å². The van der Waals surface area contributed by atoms with E-state index in [1.54, 1.807) is 18.9 Å². The average molecular weight is 231 g/mol. The molecule has 0 amide bonds. The number of thioether (sulfide) groups is 1. The third-order valence-corrected chi connectivity index (χ3v) is 4.80. The number of ether oxygens (including phenoxy) is 1. The Balaban J connectivity index is 1.99. The van der Waals surface area contributed by atoms with Gasteiger partial charge in [0.1, 0.15) is 6.04 Å². The van der Waals surface area contributed by atoms with E-state index in [1.807, 2.05) is 0 Å². The number of aliphatic carboxylic acids is 1. The Morgan fingerprint density at radius 2 is 2.47 bits per heavy atom. The highest BCUT2D eigenvalue weighted by Gasteiger charge is 2.44. The van der Waals surface area contributed by atoms with E-state index < -0.39 is 5.97 Å². The van der Waals surface area contributed by atoms with E-state index in [2.05, 4.69) is 5.32 Å². The predicted octanol–water partition coefficient (Wildman–Crippen LogP) is 1.06. The highest BCUT2D eigenvalue weighted by molar-refractivity contribution is 8.01. The fourth-order valence-corrected chi connectivity index (χ4v) is 3.96. The van der Waals surface area contributed by atoms with Gasteiger partial charge < -0.3 is 9.84 Å². The van der Waals surface area contributed by atoms with E-state index in [0.29, 0.717) is 5.75 Å². The Labute approximate surface area is 93.8 Å². The molecule has 86 valence electrons. The average Bonchev–Trinajstić information content (AvgIpc) is 2.62. The van der Waals surface area contributed by atoms with Crippen molar-refractivity contribution in [2.45, 2.75) is 42.7 Å². The van der Waals surface area contributed by atoms with Crippen molar-refractivity contribution in [3.8, 4) is 0 Å². The Bertz CT molecular complexity index is 261. The van der Waals surface area contributed by atoms with Crippen molar-refractivity contribution in [3.63, 3.8) is 0 Å². The van der Waals surface area contributed by atoms with Gasteiger partial charge in [0.15, 0.2) is 0 Å². The number of carboxylic acids is 1. The lowest BCUT2D eigenvalue weighted by atomic mass is 9.91. The maximum Gasteiger partial charge on any atom is 0.321 e. The molecule has 1 aliphatic carbocycles. The van der Waals surface area contributed by atoms with Crippen LogP contribution in [-0.4, -0.2) is 41.0 Å². The molecule has 0 aromatic carbocycles. The topological polar surface area (TPSA) is 58.6 Å². The van der Waals surface area contributed by atoms with Gasteiger partial charge in [0.25, 0.3) is 0 Å². The minimum absolute atomic E-state index is 0.0397. The Morgan fingerprint density at radius 3 is 3.07 bits per heavy atom. The second-order valence-corrected chi connectivity index (χ2v) is 5.70. The van der Waals surface area contributed by atoms with Crippen molar-refractivity contribution in [1.29, 1.82) is 0 Å². The number of hydrogen-bond donors (Lipinski definition) is 2. The van der Waals surface area contributed by atoms with Crippen LogP contribution >= 0.6 is 11.8 Å². The van der Waals surface area contributed by atoms with Gasteiger partial charge in [0, 0.05) is 19.3 Å². The van der Waals surface area contributed by atoms with Crippen LogP contribution in [0.15, 0.2) is 0 Å². The molecule has 0 aromatic rings. The van der Waals surface area contributed by atoms with E-state index in [0.717, 1.165) is 25.7 Å². The lowest BCUT2D eigenvalue weighted by Crippen LogP contribution is -2.48. The molecular formula is C10H17NO3S. The molecule has 1 saturated heterocycles. The molecule has 0 bridgehead atoms. The van der Waals surface area contributed by atoms with Crippen LogP contribution < -0.4 is 5.32 Å². The largest absolute Gasteiger partial charge is 0.480 e. The van der Waals surface area contributed by atoms with Gasteiger partial charge >= 0.3 is 5.97 Å². The van der Waals surface area contributed by atoms with E-state index >= 15 is 0 Å². The lowest BCUT2D eigenvalue weighted by Gasteiger charge is -2.37. The minimum atomic E-state index is -0.737. The fourth-order valence-electron chi connectivity index (χ4n) is 2.43. The van der Waals surface area contributed by atoms with Gasteiger partial charge in [-0.05, 0) is 19.3 Å². The van der Waals surface area contributed by atoms with Gasteiger partial charge in [-0.1, -0.05) is 0 Å². The highest BCUT2D eigenvalue weighted by Crippen LogP contribution is 2.42. The van der Waals surface area contributed by atoms with Crippen LogP contribution in [0, 0.1) is 0 Å². The molecule has 1 spiro atoms. The zero-order chi connectivity index (χ0) is 10.9. The number of hydrogen-bond acceptors (Lipinski definition) is 4. The van der Waals surface area contributed by atoms with E-state index in [-0.39, 0.29) is 17.0 Å². The molecule has 2 N–H and O–H groups in total. The molecule has 0 radical (unpaired) electrons. The van der Waals surface area contributed by atoms with Gasteiger partial charge in [0.05, 0.1) is 11.0 Å². The summed E-state index contributed by atoms with van der Waals surface area (Å²) >= 11 is 1.75. The molecule has 1 heterocycles.